The van der Waals surface area contributed by atoms with E-state index in [-0.39, 0.29) is 11.8 Å². The summed E-state index contributed by atoms with van der Waals surface area (Å²) in [4.78, 5) is 27.4. The van der Waals surface area contributed by atoms with Gasteiger partial charge in [0.1, 0.15) is 5.69 Å². The van der Waals surface area contributed by atoms with E-state index in [4.69, 9.17) is 0 Å². The van der Waals surface area contributed by atoms with Gasteiger partial charge in [0.25, 0.3) is 11.8 Å². The summed E-state index contributed by atoms with van der Waals surface area (Å²) >= 11 is 1.30. The third-order valence-corrected chi connectivity index (χ3v) is 5.76. The van der Waals surface area contributed by atoms with E-state index in [9.17, 15) is 9.59 Å². The lowest BCUT2D eigenvalue weighted by Gasteiger charge is -2.18. The smallest absolute Gasteiger partial charge is 0.276 e. The van der Waals surface area contributed by atoms with E-state index in [1.165, 1.54) is 11.5 Å². The zero-order chi connectivity index (χ0) is 21.1. The lowest BCUT2D eigenvalue weighted by molar-refractivity contribution is 0.0784. The highest BCUT2D eigenvalue weighted by molar-refractivity contribution is 7.13. The van der Waals surface area contributed by atoms with Gasteiger partial charge >= 0.3 is 0 Å². The van der Waals surface area contributed by atoms with Gasteiger partial charge in [0.15, 0.2) is 0 Å². The van der Waals surface area contributed by atoms with Crippen molar-refractivity contribution in [3.8, 4) is 0 Å². The lowest BCUT2D eigenvalue weighted by atomic mass is 10.1. The Hall–Kier alpha value is -3.51. The molecule has 0 fully saturated rings. The van der Waals surface area contributed by atoms with E-state index in [2.05, 4.69) is 9.69 Å². The Morgan fingerprint density at radius 3 is 2.53 bits per heavy atom. The van der Waals surface area contributed by atoms with Gasteiger partial charge in [-0.2, -0.15) is 4.37 Å². The van der Waals surface area contributed by atoms with Crippen molar-refractivity contribution in [3.63, 3.8) is 0 Å². The predicted molar refractivity (Wildman–Crippen MR) is 121 cm³/mol. The third-order valence-electron chi connectivity index (χ3n) is 4.93. The maximum absolute atomic E-state index is 12.9. The number of aromatic nitrogens is 1. The Labute approximate surface area is 179 Å². The van der Waals surface area contributed by atoms with Gasteiger partial charge in [-0.1, -0.05) is 54.6 Å². The Balaban J connectivity index is 1.54. The number of carbonyl (C=O) groups excluding carboxylic acids is 2. The van der Waals surface area contributed by atoms with Crippen LogP contribution >= 0.6 is 11.5 Å². The lowest BCUT2D eigenvalue weighted by Crippen LogP contribution is -2.26. The van der Waals surface area contributed by atoms with Gasteiger partial charge < -0.3 is 10.2 Å². The van der Waals surface area contributed by atoms with Crippen molar-refractivity contribution in [1.82, 2.24) is 9.27 Å². The Bertz CT molecular complexity index is 1220. The Kier molecular flexibility index (Phi) is 5.59. The quantitative estimate of drug-likeness (QED) is 0.492. The number of carbonyl (C=O) groups is 2. The van der Waals surface area contributed by atoms with Crippen LogP contribution in [-0.2, 0) is 6.54 Å². The van der Waals surface area contributed by atoms with Crippen molar-refractivity contribution in [2.75, 3.05) is 12.4 Å². The van der Waals surface area contributed by atoms with Crippen LogP contribution in [0.3, 0.4) is 0 Å². The molecule has 4 aromatic rings. The van der Waals surface area contributed by atoms with Crippen molar-refractivity contribution >= 4 is 39.1 Å². The summed E-state index contributed by atoms with van der Waals surface area (Å²) in [6.07, 6.45) is 0. The van der Waals surface area contributed by atoms with Gasteiger partial charge in [-0.25, -0.2) is 0 Å². The number of nitrogens with one attached hydrogen (secondary N) is 1. The van der Waals surface area contributed by atoms with E-state index in [0.29, 0.717) is 23.5 Å². The first-order valence-electron chi connectivity index (χ1n) is 9.59. The summed E-state index contributed by atoms with van der Waals surface area (Å²) < 4.78 is 5.27. The van der Waals surface area contributed by atoms with Crippen molar-refractivity contribution < 1.29 is 9.59 Å². The molecule has 6 heteroatoms. The molecule has 0 unspecified atom stereocenters. The molecule has 1 heterocycles. The molecule has 1 N–H and O–H groups in total. The molecule has 0 bridgehead atoms. The van der Waals surface area contributed by atoms with E-state index < -0.39 is 0 Å². The number of hydrogen-bond acceptors (Lipinski definition) is 4. The number of anilines is 1. The minimum atomic E-state index is -0.280. The second kappa shape index (κ2) is 8.47. The normalized spacial score (nSPS) is 10.7. The molecule has 1 aromatic heterocycles. The van der Waals surface area contributed by atoms with E-state index in [1.807, 2.05) is 67.6 Å². The van der Waals surface area contributed by atoms with Gasteiger partial charge in [0, 0.05) is 30.2 Å². The summed E-state index contributed by atoms with van der Waals surface area (Å²) in [5, 5.41) is 3.75. The number of aryl methyl sites for hydroxylation is 1. The first-order chi connectivity index (χ1) is 14.5. The van der Waals surface area contributed by atoms with Gasteiger partial charge in [-0.3, -0.25) is 9.59 Å². The number of fused-ring (bicyclic) bond motifs is 1. The molecule has 3 aromatic carbocycles. The molecule has 5 nitrogen and oxygen atoms in total. The average molecular weight is 416 g/mol. The van der Waals surface area contributed by atoms with Crippen LogP contribution in [-0.4, -0.2) is 28.1 Å². The van der Waals surface area contributed by atoms with E-state index in [1.54, 1.807) is 24.1 Å². The molecule has 0 saturated carbocycles. The number of hydrogen-bond donors (Lipinski definition) is 1. The van der Waals surface area contributed by atoms with Crippen LogP contribution in [0.1, 0.15) is 32.0 Å². The first kappa shape index (κ1) is 19.8. The van der Waals surface area contributed by atoms with Crippen LogP contribution in [0.4, 0.5) is 5.69 Å². The molecule has 0 aliphatic carbocycles. The summed E-state index contributed by atoms with van der Waals surface area (Å²) in [7, 11) is 1.77. The van der Waals surface area contributed by atoms with Crippen molar-refractivity contribution in [1.29, 1.82) is 0 Å². The highest BCUT2D eigenvalue weighted by Crippen LogP contribution is 2.24. The monoisotopic (exact) mass is 415 g/mol. The highest BCUT2D eigenvalue weighted by Gasteiger charge is 2.17. The van der Waals surface area contributed by atoms with Gasteiger partial charge in [0.05, 0.1) is 4.70 Å². The van der Waals surface area contributed by atoms with Crippen molar-refractivity contribution in [3.05, 3.63) is 95.2 Å². The zero-order valence-electron chi connectivity index (χ0n) is 16.8. The molecule has 0 aliphatic rings. The van der Waals surface area contributed by atoms with Gasteiger partial charge in [-0.15, -0.1) is 0 Å². The van der Waals surface area contributed by atoms with Crippen molar-refractivity contribution in [2.45, 2.75) is 13.5 Å². The summed E-state index contributed by atoms with van der Waals surface area (Å²) in [5.74, 6) is -0.383. The van der Waals surface area contributed by atoms with Crippen LogP contribution < -0.4 is 5.32 Å². The fourth-order valence-corrected chi connectivity index (χ4v) is 4.04. The summed E-state index contributed by atoms with van der Waals surface area (Å²) in [6.45, 7) is 2.41. The van der Waals surface area contributed by atoms with Gasteiger partial charge in [0.2, 0.25) is 0 Å². The molecule has 4 rings (SSSR count). The third kappa shape index (κ3) is 4.09. The maximum Gasteiger partial charge on any atom is 0.276 e. The molecular formula is C24H21N3O2S. The molecule has 0 aliphatic heterocycles. The molecule has 0 spiro atoms. The molecule has 150 valence electrons. The standard InChI is InChI=1S/C24H21N3O2S/c1-16-12-13-18(24(29)27(2)15-17-8-4-3-5-9-17)14-20(16)25-23(28)22-19-10-6-7-11-21(19)30-26-22/h3-14H,15H2,1-2H3,(H,25,28). The van der Waals surface area contributed by atoms with Crippen LogP contribution in [0.25, 0.3) is 10.1 Å². The highest BCUT2D eigenvalue weighted by atomic mass is 32.1. The summed E-state index contributed by atoms with van der Waals surface area (Å²) in [6, 6.07) is 22.8. The fraction of sp³-hybridized carbons (Fsp3) is 0.125. The van der Waals surface area contributed by atoms with E-state index in [0.717, 1.165) is 21.2 Å². The molecule has 2 amide bonds. The minimum Gasteiger partial charge on any atom is -0.337 e. The Morgan fingerprint density at radius 2 is 1.73 bits per heavy atom. The molecule has 0 saturated heterocycles. The van der Waals surface area contributed by atoms with Crippen LogP contribution in [0.5, 0.6) is 0 Å². The second-order valence-electron chi connectivity index (χ2n) is 7.16. The minimum absolute atomic E-state index is 0.103. The van der Waals surface area contributed by atoms with Crippen molar-refractivity contribution in [2.24, 2.45) is 0 Å². The fourth-order valence-electron chi connectivity index (χ4n) is 3.27. The van der Waals surface area contributed by atoms with E-state index >= 15 is 0 Å². The van der Waals surface area contributed by atoms with Crippen LogP contribution in [0.2, 0.25) is 0 Å². The predicted octanol–water partition coefficient (Wildman–Crippen LogP) is 5.13. The van der Waals surface area contributed by atoms with Crippen LogP contribution in [0.15, 0.2) is 72.8 Å². The van der Waals surface area contributed by atoms with Gasteiger partial charge in [-0.05, 0) is 47.8 Å². The largest absolute Gasteiger partial charge is 0.337 e. The second-order valence-corrected chi connectivity index (χ2v) is 7.96. The number of benzene rings is 3. The number of rotatable bonds is 5. The maximum atomic E-state index is 12.9. The number of nitrogens with zero attached hydrogens (tertiary/aromatic N) is 2. The first-order valence-corrected chi connectivity index (χ1v) is 10.4. The molecular weight excluding hydrogens is 394 g/mol. The topological polar surface area (TPSA) is 62.3 Å². The zero-order valence-corrected chi connectivity index (χ0v) is 17.6. The average Bonchev–Trinajstić information content (AvgIpc) is 3.20. The Morgan fingerprint density at radius 1 is 1.00 bits per heavy atom. The summed E-state index contributed by atoms with van der Waals surface area (Å²) in [5.41, 5.74) is 3.47. The SMILES string of the molecule is Cc1ccc(C(=O)N(C)Cc2ccccc2)cc1NC(=O)c1nsc2ccccc12. The number of amides is 2. The molecule has 0 radical (unpaired) electrons. The van der Waals surface area contributed by atoms with Crippen LogP contribution in [0, 0.1) is 6.92 Å². The molecule has 0 atom stereocenters. The molecule has 30 heavy (non-hydrogen) atoms.